The molecule has 0 aromatic carbocycles. The van der Waals surface area contributed by atoms with Crippen molar-refractivity contribution in [1.29, 1.82) is 0 Å². The molecule has 0 unspecified atom stereocenters. The van der Waals surface area contributed by atoms with Crippen LogP contribution in [-0.2, 0) is 10.5 Å². The van der Waals surface area contributed by atoms with Crippen molar-refractivity contribution in [2.24, 2.45) is 0 Å². The number of carbonyl (C=O) groups is 1. The first-order valence-electron chi connectivity index (χ1n) is 5.30. The van der Waals surface area contributed by atoms with Crippen molar-refractivity contribution in [1.82, 2.24) is 10.2 Å². The van der Waals surface area contributed by atoms with Gasteiger partial charge in [0.05, 0.1) is 11.0 Å². The van der Waals surface area contributed by atoms with E-state index in [4.69, 9.17) is 4.42 Å². The molecule has 0 spiro atoms. The Hall–Kier alpha value is -0.490. The van der Waals surface area contributed by atoms with Crippen molar-refractivity contribution >= 4 is 29.3 Å². The fourth-order valence-electron chi connectivity index (χ4n) is 1.66. The minimum absolute atomic E-state index is 0.0244. The standard InChI is InChI=1S/C10H14N2O2S2/c1-15-6-9-11-12-10(14-9)16-8-5-3-2-4-7(8)13/h8H,2-6H2,1H3/t8-/m0/s1. The molecule has 4 nitrogen and oxygen atoms in total. The van der Waals surface area contributed by atoms with Gasteiger partial charge in [0.2, 0.25) is 5.89 Å². The van der Waals surface area contributed by atoms with Crippen molar-refractivity contribution in [3.8, 4) is 0 Å². The minimum Gasteiger partial charge on any atom is -0.415 e. The maximum Gasteiger partial charge on any atom is 0.277 e. The van der Waals surface area contributed by atoms with Gasteiger partial charge in [0, 0.05) is 6.42 Å². The summed E-state index contributed by atoms with van der Waals surface area (Å²) >= 11 is 3.06. The second-order valence-corrected chi connectivity index (χ2v) is 5.73. The van der Waals surface area contributed by atoms with Gasteiger partial charge < -0.3 is 4.42 Å². The van der Waals surface area contributed by atoms with E-state index in [0.29, 0.717) is 23.3 Å². The summed E-state index contributed by atoms with van der Waals surface area (Å²) in [6.45, 7) is 0. The third-order valence-corrected chi connectivity index (χ3v) is 4.14. The van der Waals surface area contributed by atoms with E-state index in [2.05, 4.69) is 10.2 Å². The van der Waals surface area contributed by atoms with Gasteiger partial charge in [0.15, 0.2) is 0 Å². The zero-order chi connectivity index (χ0) is 11.4. The van der Waals surface area contributed by atoms with Crippen LogP contribution in [0.1, 0.15) is 31.6 Å². The van der Waals surface area contributed by atoms with Crippen LogP contribution in [0.5, 0.6) is 0 Å². The van der Waals surface area contributed by atoms with E-state index in [1.165, 1.54) is 11.8 Å². The first-order chi connectivity index (χ1) is 7.79. The average molecular weight is 258 g/mol. The lowest BCUT2D eigenvalue weighted by Gasteiger charge is -2.17. The summed E-state index contributed by atoms with van der Waals surface area (Å²) in [5.74, 6) is 1.69. The zero-order valence-corrected chi connectivity index (χ0v) is 10.8. The van der Waals surface area contributed by atoms with Crippen LogP contribution in [0.3, 0.4) is 0 Å². The maximum atomic E-state index is 11.6. The number of ketones is 1. The monoisotopic (exact) mass is 258 g/mol. The molecule has 0 radical (unpaired) electrons. The Kier molecular flexibility index (Phi) is 4.29. The van der Waals surface area contributed by atoms with Gasteiger partial charge in [0.25, 0.3) is 5.22 Å². The molecule has 2 rings (SSSR count). The summed E-state index contributed by atoms with van der Waals surface area (Å²) in [5, 5.41) is 8.43. The lowest BCUT2D eigenvalue weighted by atomic mass is 9.99. The smallest absolute Gasteiger partial charge is 0.277 e. The van der Waals surface area contributed by atoms with Crippen LogP contribution >= 0.6 is 23.5 Å². The van der Waals surface area contributed by atoms with Crippen molar-refractivity contribution in [2.45, 2.75) is 41.9 Å². The van der Waals surface area contributed by atoms with Crippen molar-refractivity contribution in [3.63, 3.8) is 0 Å². The molecule has 1 aliphatic carbocycles. The predicted octanol–water partition coefficient (Wildman–Crippen LogP) is 2.54. The largest absolute Gasteiger partial charge is 0.415 e. The highest BCUT2D eigenvalue weighted by Gasteiger charge is 2.25. The van der Waals surface area contributed by atoms with Crippen LogP contribution in [0.4, 0.5) is 0 Å². The number of aromatic nitrogens is 2. The maximum absolute atomic E-state index is 11.6. The van der Waals surface area contributed by atoms with Crippen LogP contribution in [0.2, 0.25) is 0 Å². The van der Waals surface area contributed by atoms with Gasteiger partial charge >= 0.3 is 0 Å². The highest BCUT2D eigenvalue weighted by molar-refractivity contribution is 8.00. The fourth-order valence-corrected chi connectivity index (χ4v) is 3.04. The third kappa shape index (κ3) is 3.01. The van der Waals surface area contributed by atoms with E-state index >= 15 is 0 Å². The molecule has 1 aliphatic rings. The topological polar surface area (TPSA) is 56.0 Å². The van der Waals surface area contributed by atoms with Gasteiger partial charge in [-0.15, -0.1) is 10.2 Å². The van der Waals surface area contributed by atoms with Gasteiger partial charge in [-0.3, -0.25) is 4.79 Å². The van der Waals surface area contributed by atoms with Crippen LogP contribution in [-0.4, -0.2) is 27.5 Å². The highest BCUT2D eigenvalue weighted by atomic mass is 32.2. The molecule has 0 N–H and O–H groups in total. The van der Waals surface area contributed by atoms with Gasteiger partial charge in [-0.05, 0) is 19.1 Å². The van der Waals surface area contributed by atoms with E-state index in [-0.39, 0.29) is 5.25 Å². The molecule has 1 saturated carbocycles. The molecule has 16 heavy (non-hydrogen) atoms. The SMILES string of the molecule is CSCc1nnc(S[C@H]2CCCCC2=O)o1. The van der Waals surface area contributed by atoms with E-state index in [0.717, 1.165) is 25.0 Å². The number of hydrogen-bond donors (Lipinski definition) is 0. The van der Waals surface area contributed by atoms with Gasteiger partial charge in [-0.2, -0.15) is 11.8 Å². The summed E-state index contributed by atoms with van der Waals surface area (Å²) in [7, 11) is 0. The molecular formula is C10H14N2O2S2. The zero-order valence-electron chi connectivity index (χ0n) is 9.14. The summed E-state index contributed by atoms with van der Waals surface area (Å²) in [6.07, 6.45) is 5.77. The number of rotatable bonds is 4. The number of Topliss-reactive ketones (excluding diaryl/α,β-unsaturated/α-hetero) is 1. The molecule has 1 heterocycles. The number of nitrogens with zero attached hydrogens (tertiary/aromatic N) is 2. The van der Waals surface area contributed by atoms with Crippen LogP contribution < -0.4 is 0 Å². The minimum atomic E-state index is 0.0244. The van der Waals surface area contributed by atoms with Crippen LogP contribution in [0.15, 0.2) is 9.64 Å². The summed E-state index contributed by atoms with van der Waals surface area (Å²) in [6, 6.07) is 0. The Labute approximate surface area is 103 Å². The first kappa shape index (κ1) is 12.0. The molecule has 0 amide bonds. The second kappa shape index (κ2) is 5.72. The Morgan fingerprint density at radius 2 is 2.31 bits per heavy atom. The highest BCUT2D eigenvalue weighted by Crippen LogP contribution is 2.30. The fraction of sp³-hybridized carbons (Fsp3) is 0.700. The van der Waals surface area contributed by atoms with E-state index in [9.17, 15) is 4.79 Å². The van der Waals surface area contributed by atoms with Crippen molar-refractivity contribution in [2.75, 3.05) is 6.26 Å². The van der Waals surface area contributed by atoms with Crippen molar-refractivity contribution in [3.05, 3.63) is 5.89 Å². The van der Waals surface area contributed by atoms with Crippen LogP contribution in [0, 0.1) is 0 Å². The lowest BCUT2D eigenvalue weighted by molar-refractivity contribution is -0.119. The summed E-state index contributed by atoms with van der Waals surface area (Å²) in [4.78, 5) is 11.6. The molecule has 88 valence electrons. The lowest BCUT2D eigenvalue weighted by Crippen LogP contribution is -2.21. The quantitative estimate of drug-likeness (QED) is 0.827. The summed E-state index contributed by atoms with van der Waals surface area (Å²) < 4.78 is 5.44. The van der Waals surface area contributed by atoms with E-state index in [1.807, 2.05) is 6.26 Å². The normalized spacial score (nSPS) is 21.3. The van der Waals surface area contributed by atoms with Gasteiger partial charge in [-0.25, -0.2) is 0 Å². The summed E-state index contributed by atoms with van der Waals surface area (Å²) in [5.41, 5.74) is 0. The number of carbonyl (C=O) groups excluding carboxylic acids is 1. The number of thioether (sulfide) groups is 2. The third-order valence-electron chi connectivity index (χ3n) is 2.46. The van der Waals surface area contributed by atoms with E-state index < -0.39 is 0 Å². The second-order valence-electron chi connectivity index (χ2n) is 3.71. The molecule has 1 aromatic rings. The van der Waals surface area contributed by atoms with Gasteiger partial charge in [-0.1, -0.05) is 18.2 Å². The Balaban J connectivity index is 1.94. The Morgan fingerprint density at radius 1 is 1.44 bits per heavy atom. The van der Waals surface area contributed by atoms with Crippen molar-refractivity contribution < 1.29 is 9.21 Å². The van der Waals surface area contributed by atoms with Gasteiger partial charge in [0.1, 0.15) is 5.78 Å². The Bertz CT molecular complexity index is 367. The molecule has 0 bridgehead atoms. The molecule has 1 fully saturated rings. The Morgan fingerprint density at radius 3 is 3.06 bits per heavy atom. The molecule has 0 aliphatic heterocycles. The van der Waals surface area contributed by atoms with E-state index in [1.54, 1.807) is 11.8 Å². The predicted molar refractivity (Wildman–Crippen MR) is 64.6 cm³/mol. The molecule has 1 atom stereocenters. The van der Waals surface area contributed by atoms with Crippen LogP contribution in [0.25, 0.3) is 0 Å². The molecule has 0 saturated heterocycles. The molecular weight excluding hydrogens is 244 g/mol. The molecule has 1 aromatic heterocycles. The molecule has 6 heteroatoms. The average Bonchev–Trinajstić information content (AvgIpc) is 2.70. The first-order valence-corrected chi connectivity index (χ1v) is 7.57. The number of hydrogen-bond acceptors (Lipinski definition) is 6.